The summed E-state index contributed by atoms with van der Waals surface area (Å²) in [6.07, 6.45) is 5.76. The molecule has 182 valence electrons. The van der Waals surface area contributed by atoms with Gasteiger partial charge in [-0.3, -0.25) is 9.79 Å². The normalized spacial score (nSPS) is 14.4. The number of nitrogens with zero attached hydrogens (tertiary/aromatic N) is 2. The van der Waals surface area contributed by atoms with Crippen molar-refractivity contribution < 1.29 is 14.3 Å². The van der Waals surface area contributed by atoms with E-state index in [0.29, 0.717) is 32.1 Å². The summed E-state index contributed by atoms with van der Waals surface area (Å²) < 4.78 is 11.4. The van der Waals surface area contributed by atoms with E-state index in [1.54, 1.807) is 0 Å². The molecule has 0 bridgehead atoms. The summed E-state index contributed by atoms with van der Waals surface area (Å²) in [5, 5.41) is 6.70. The molecule has 1 amide bonds. The third kappa shape index (κ3) is 10.3. The molecule has 0 aliphatic carbocycles. The van der Waals surface area contributed by atoms with E-state index in [0.717, 1.165) is 75.7 Å². The Kier molecular flexibility index (Phi) is 14.9. The highest BCUT2D eigenvalue weighted by Gasteiger charge is 2.15. The molecule has 0 aromatic heterocycles. The zero-order valence-electron chi connectivity index (χ0n) is 20.0. The largest absolute Gasteiger partial charge is 0.490 e. The van der Waals surface area contributed by atoms with Gasteiger partial charge in [0, 0.05) is 39.1 Å². The topological polar surface area (TPSA) is 75.2 Å². The van der Waals surface area contributed by atoms with E-state index in [-0.39, 0.29) is 24.0 Å². The first-order valence-corrected chi connectivity index (χ1v) is 11.9. The fraction of sp³-hybridized carbons (Fsp3) is 0.667. The minimum atomic E-state index is 0. The number of carbonyl (C=O) groups is 1. The van der Waals surface area contributed by atoms with Crippen molar-refractivity contribution in [3.63, 3.8) is 0 Å². The second-order valence-electron chi connectivity index (χ2n) is 7.63. The Morgan fingerprint density at radius 2 is 1.84 bits per heavy atom. The molecule has 32 heavy (non-hydrogen) atoms. The van der Waals surface area contributed by atoms with E-state index >= 15 is 0 Å². The van der Waals surface area contributed by atoms with Crippen molar-refractivity contribution in [2.45, 2.75) is 59.3 Å². The van der Waals surface area contributed by atoms with Crippen LogP contribution < -0.4 is 20.1 Å². The molecule has 1 aromatic rings. The standard InChI is InChI=1S/C24H40N4O3.HI/c1-4-25-24(26-15-10-18-28-17-9-7-8-11-23(28)29)27-16-14-20-12-13-21(30-5-2)22(19-20)31-6-3;/h12-13,19H,4-11,14-18H2,1-3H3,(H2,25,26,27);1H. The molecule has 2 N–H and O–H groups in total. The Morgan fingerprint density at radius 3 is 2.59 bits per heavy atom. The maximum Gasteiger partial charge on any atom is 0.222 e. The molecule has 8 heteroatoms. The predicted octanol–water partition coefficient (Wildman–Crippen LogP) is 3.99. The van der Waals surface area contributed by atoms with Gasteiger partial charge in [-0.05, 0) is 64.2 Å². The molecule has 1 fully saturated rings. The van der Waals surface area contributed by atoms with Gasteiger partial charge < -0.3 is 25.0 Å². The van der Waals surface area contributed by atoms with Crippen LogP contribution >= 0.6 is 24.0 Å². The van der Waals surface area contributed by atoms with Crippen molar-refractivity contribution in [1.82, 2.24) is 15.5 Å². The van der Waals surface area contributed by atoms with Crippen LogP contribution in [-0.2, 0) is 11.2 Å². The van der Waals surface area contributed by atoms with Gasteiger partial charge in [0.1, 0.15) is 0 Å². The summed E-state index contributed by atoms with van der Waals surface area (Å²) in [5.74, 6) is 2.71. The first-order chi connectivity index (χ1) is 15.2. The number of likely N-dealkylation sites (tertiary alicyclic amines) is 1. The second kappa shape index (κ2) is 16.9. The van der Waals surface area contributed by atoms with Gasteiger partial charge in [-0.25, -0.2) is 0 Å². The maximum atomic E-state index is 12.1. The van der Waals surface area contributed by atoms with Crippen LogP contribution in [0, 0.1) is 0 Å². The third-order valence-electron chi connectivity index (χ3n) is 5.19. The molecule has 1 aromatic carbocycles. The minimum absolute atomic E-state index is 0. The van der Waals surface area contributed by atoms with Crippen LogP contribution in [0.1, 0.15) is 58.4 Å². The lowest BCUT2D eigenvalue weighted by Gasteiger charge is -2.20. The number of amides is 1. The number of hydrogen-bond donors (Lipinski definition) is 2. The molecule has 0 atom stereocenters. The number of carbonyl (C=O) groups excluding carboxylic acids is 1. The Balaban J connectivity index is 0.00000512. The molecule has 0 unspecified atom stereocenters. The minimum Gasteiger partial charge on any atom is -0.490 e. The number of guanidine groups is 1. The Bertz CT molecular complexity index is 700. The maximum absolute atomic E-state index is 12.1. The van der Waals surface area contributed by atoms with E-state index in [2.05, 4.69) is 34.7 Å². The van der Waals surface area contributed by atoms with E-state index in [9.17, 15) is 4.79 Å². The summed E-state index contributed by atoms with van der Waals surface area (Å²) in [7, 11) is 0. The number of aliphatic imine (C=N–C) groups is 1. The average molecular weight is 561 g/mol. The molecule has 0 radical (unpaired) electrons. The number of rotatable bonds is 12. The first-order valence-electron chi connectivity index (χ1n) is 11.9. The molecule has 0 spiro atoms. The SMILES string of the molecule is CCNC(=NCCCN1CCCCCC1=O)NCCc1ccc(OCC)c(OCC)c1.I. The van der Waals surface area contributed by atoms with Crippen molar-refractivity contribution in [1.29, 1.82) is 0 Å². The zero-order chi connectivity index (χ0) is 22.3. The van der Waals surface area contributed by atoms with E-state index in [1.807, 2.05) is 24.8 Å². The highest BCUT2D eigenvalue weighted by molar-refractivity contribution is 14.0. The van der Waals surface area contributed by atoms with Crippen molar-refractivity contribution in [3.8, 4) is 11.5 Å². The van der Waals surface area contributed by atoms with Crippen LogP contribution in [0.25, 0.3) is 0 Å². The highest BCUT2D eigenvalue weighted by atomic mass is 127. The van der Waals surface area contributed by atoms with Gasteiger partial charge in [-0.2, -0.15) is 0 Å². The van der Waals surface area contributed by atoms with Crippen molar-refractivity contribution in [2.24, 2.45) is 4.99 Å². The lowest BCUT2D eigenvalue weighted by molar-refractivity contribution is -0.130. The van der Waals surface area contributed by atoms with E-state index in [1.165, 1.54) is 5.56 Å². The predicted molar refractivity (Wildman–Crippen MR) is 142 cm³/mol. The Labute approximate surface area is 210 Å². The van der Waals surface area contributed by atoms with Crippen molar-refractivity contribution in [3.05, 3.63) is 23.8 Å². The van der Waals surface area contributed by atoms with Crippen LogP contribution in [-0.4, -0.2) is 62.7 Å². The summed E-state index contributed by atoms with van der Waals surface area (Å²) in [6, 6.07) is 6.11. The zero-order valence-corrected chi connectivity index (χ0v) is 22.3. The smallest absolute Gasteiger partial charge is 0.222 e. The lowest BCUT2D eigenvalue weighted by Crippen LogP contribution is -2.38. The van der Waals surface area contributed by atoms with E-state index in [4.69, 9.17) is 9.47 Å². The van der Waals surface area contributed by atoms with E-state index < -0.39 is 0 Å². The number of benzene rings is 1. The first kappa shape index (κ1) is 28.3. The number of hydrogen-bond acceptors (Lipinski definition) is 4. The molecular formula is C24H41IN4O3. The van der Waals surface area contributed by atoms with Gasteiger partial charge in [0.05, 0.1) is 13.2 Å². The Morgan fingerprint density at radius 1 is 1.06 bits per heavy atom. The van der Waals surface area contributed by atoms with Gasteiger partial charge in [0.25, 0.3) is 0 Å². The molecule has 2 rings (SSSR count). The molecule has 1 aliphatic rings. The van der Waals surface area contributed by atoms with Crippen LogP contribution in [0.15, 0.2) is 23.2 Å². The molecule has 1 heterocycles. The fourth-order valence-electron chi connectivity index (χ4n) is 3.65. The molecule has 0 saturated carbocycles. The van der Waals surface area contributed by atoms with Crippen LogP contribution in [0.3, 0.4) is 0 Å². The van der Waals surface area contributed by atoms with Crippen molar-refractivity contribution >= 4 is 35.8 Å². The van der Waals surface area contributed by atoms with Crippen LogP contribution in [0.5, 0.6) is 11.5 Å². The average Bonchev–Trinajstić information content (AvgIpc) is 2.97. The number of nitrogens with one attached hydrogen (secondary N) is 2. The van der Waals surface area contributed by atoms with Gasteiger partial charge in [-0.1, -0.05) is 12.5 Å². The monoisotopic (exact) mass is 560 g/mol. The van der Waals surface area contributed by atoms with Gasteiger partial charge in [0.15, 0.2) is 17.5 Å². The van der Waals surface area contributed by atoms with Crippen molar-refractivity contribution in [2.75, 3.05) is 45.9 Å². The van der Waals surface area contributed by atoms with Crippen LogP contribution in [0.4, 0.5) is 0 Å². The summed E-state index contributed by atoms with van der Waals surface area (Å²) in [5.41, 5.74) is 1.19. The lowest BCUT2D eigenvalue weighted by atomic mass is 10.1. The second-order valence-corrected chi connectivity index (χ2v) is 7.63. The number of halogens is 1. The van der Waals surface area contributed by atoms with Gasteiger partial charge >= 0.3 is 0 Å². The molecule has 7 nitrogen and oxygen atoms in total. The molecular weight excluding hydrogens is 519 g/mol. The quantitative estimate of drug-likeness (QED) is 0.175. The van der Waals surface area contributed by atoms with Gasteiger partial charge in [0.2, 0.25) is 5.91 Å². The summed E-state index contributed by atoms with van der Waals surface area (Å²) >= 11 is 0. The number of ether oxygens (including phenoxy) is 2. The summed E-state index contributed by atoms with van der Waals surface area (Å²) in [4.78, 5) is 18.8. The highest BCUT2D eigenvalue weighted by Crippen LogP contribution is 2.28. The fourth-order valence-corrected chi connectivity index (χ4v) is 3.65. The Hall–Kier alpha value is -1.71. The van der Waals surface area contributed by atoms with Crippen LogP contribution in [0.2, 0.25) is 0 Å². The van der Waals surface area contributed by atoms with Gasteiger partial charge in [-0.15, -0.1) is 24.0 Å². The third-order valence-corrected chi connectivity index (χ3v) is 5.19. The molecule has 1 aliphatic heterocycles. The molecule has 1 saturated heterocycles. The summed E-state index contributed by atoms with van der Waals surface area (Å²) in [6.45, 7) is 11.2.